The van der Waals surface area contributed by atoms with Gasteiger partial charge in [-0.2, -0.15) is 0 Å². The van der Waals surface area contributed by atoms with Crippen molar-refractivity contribution in [3.05, 3.63) is 22.6 Å². The van der Waals surface area contributed by atoms with Crippen LogP contribution in [0.1, 0.15) is 13.3 Å². The fourth-order valence-corrected chi connectivity index (χ4v) is 1.57. The number of carbonyl (C=O) groups is 2. The average molecular weight is 284 g/mol. The van der Waals surface area contributed by atoms with Crippen molar-refractivity contribution in [2.24, 2.45) is 5.92 Å². The van der Waals surface area contributed by atoms with Gasteiger partial charge in [0.1, 0.15) is 6.20 Å². The van der Waals surface area contributed by atoms with Gasteiger partial charge in [0.05, 0.1) is 5.92 Å². The summed E-state index contributed by atoms with van der Waals surface area (Å²) in [5.74, 6) is -2.10. The highest BCUT2D eigenvalue weighted by atomic mass is 16.6. The Bertz CT molecular complexity index is 513. The van der Waals surface area contributed by atoms with Gasteiger partial charge in [0.2, 0.25) is 12.2 Å². The number of aliphatic carboxylic acids is 1. The van der Waals surface area contributed by atoms with Gasteiger partial charge in [-0.3, -0.25) is 9.59 Å². The summed E-state index contributed by atoms with van der Waals surface area (Å²) in [5.41, 5.74) is 0. The summed E-state index contributed by atoms with van der Waals surface area (Å²) >= 11 is 0. The molecule has 1 rings (SSSR count). The highest BCUT2D eigenvalue weighted by molar-refractivity contribution is 5.77. The fourth-order valence-electron chi connectivity index (χ4n) is 1.57. The lowest BCUT2D eigenvalue weighted by atomic mass is 10.1. The van der Waals surface area contributed by atoms with Crippen LogP contribution in [0.3, 0.4) is 0 Å². The van der Waals surface area contributed by atoms with Crippen molar-refractivity contribution >= 4 is 17.7 Å². The molecule has 1 unspecified atom stereocenters. The molecule has 1 amide bonds. The van der Waals surface area contributed by atoms with E-state index in [1.165, 1.54) is 36.0 Å². The summed E-state index contributed by atoms with van der Waals surface area (Å²) in [5, 5.41) is 19.2. The summed E-state index contributed by atoms with van der Waals surface area (Å²) in [6.07, 6.45) is 2.65. The Morgan fingerprint density at radius 3 is 2.75 bits per heavy atom. The fraction of sp³-hybridized carbons (Fsp3) is 0.545. The highest BCUT2D eigenvalue weighted by Gasteiger charge is 2.17. The molecule has 1 aromatic heterocycles. The van der Waals surface area contributed by atoms with E-state index in [0.717, 1.165) is 0 Å². The quantitative estimate of drug-likeness (QED) is 0.570. The van der Waals surface area contributed by atoms with Gasteiger partial charge in [-0.1, -0.05) is 6.92 Å². The Morgan fingerprint density at radius 2 is 2.25 bits per heavy atom. The zero-order valence-electron chi connectivity index (χ0n) is 11.2. The van der Waals surface area contributed by atoms with Crippen LogP contribution >= 0.6 is 0 Å². The minimum absolute atomic E-state index is 0.121. The summed E-state index contributed by atoms with van der Waals surface area (Å²) < 4.78 is 1.45. The van der Waals surface area contributed by atoms with Crippen LogP contribution in [0.4, 0.5) is 5.82 Å². The van der Waals surface area contributed by atoms with Crippen LogP contribution in [0, 0.1) is 16.0 Å². The summed E-state index contributed by atoms with van der Waals surface area (Å²) in [6.45, 7) is 1.90. The standard InChI is InChI=1S/C11H16N4O5/c1-8(11(17)18)5-13(2)10(16)3-4-14-6-9(12-7-14)15(19)20/h6-8H,3-5H2,1-2H3,(H,17,18). The Kier molecular flexibility index (Phi) is 5.18. The van der Waals surface area contributed by atoms with Crippen LogP contribution < -0.4 is 0 Å². The van der Waals surface area contributed by atoms with E-state index in [2.05, 4.69) is 4.98 Å². The number of hydrogen-bond acceptors (Lipinski definition) is 5. The number of carbonyl (C=O) groups excluding carboxylic acids is 1. The second-order valence-corrected chi connectivity index (χ2v) is 4.49. The summed E-state index contributed by atoms with van der Waals surface area (Å²) in [7, 11) is 1.53. The monoisotopic (exact) mass is 284 g/mol. The van der Waals surface area contributed by atoms with E-state index in [1.54, 1.807) is 0 Å². The first-order chi connectivity index (χ1) is 9.31. The van der Waals surface area contributed by atoms with Crippen molar-refractivity contribution in [1.82, 2.24) is 14.5 Å². The number of hydrogen-bond donors (Lipinski definition) is 1. The lowest BCUT2D eigenvalue weighted by molar-refractivity contribution is -0.389. The molecule has 110 valence electrons. The van der Waals surface area contributed by atoms with Crippen LogP contribution in [-0.2, 0) is 16.1 Å². The van der Waals surface area contributed by atoms with Crippen molar-refractivity contribution < 1.29 is 19.6 Å². The van der Waals surface area contributed by atoms with Gasteiger partial charge >= 0.3 is 11.8 Å². The number of nitrogens with zero attached hydrogens (tertiary/aromatic N) is 4. The Balaban J connectivity index is 2.45. The zero-order chi connectivity index (χ0) is 15.3. The molecule has 1 atom stereocenters. The van der Waals surface area contributed by atoms with E-state index in [-0.39, 0.29) is 31.2 Å². The molecule has 9 nitrogen and oxygen atoms in total. The van der Waals surface area contributed by atoms with Crippen LogP contribution in [0.15, 0.2) is 12.5 Å². The predicted octanol–water partition coefficient (Wildman–Crippen LogP) is 0.360. The third kappa shape index (κ3) is 4.34. The SMILES string of the molecule is CC(CN(C)C(=O)CCn1cnc([N+](=O)[O-])c1)C(=O)O. The molecule has 20 heavy (non-hydrogen) atoms. The molecular formula is C11H16N4O5. The van der Waals surface area contributed by atoms with Gasteiger partial charge in [0.25, 0.3) is 0 Å². The average Bonchev–Trinajstić information content (AvgIpc) is 2.84. The minimum Gasteiger partial charge on any atom is -0.481 e. The lowest BCUT2D eigenvalue weighted by Crippen LogP contribution is -2.34. The first kappa shape index (κ1) is 15.6. The summed E-state index contributed by atoms with van der Waals surface area (Å²) in [6, 6.07) is 0. The van der Waals surface area contributed by atoms with Gasteiger partial charge in [-0.05, 0) is 9.91 Å². The Morgan fingerprint density at radius 1 is 1.60 bits per heavy atom. The van der Waals surface area contributed by atoms with Crippen molar-refractivity contribution in [3.63, 3.8) is 0 Å². The molecule has 0 saturated carbocycles. The molecule has 0 aliphatic heterocycles. The number of carboxylic acids is 1. The van der Waals surface area contributed by atoms with E-state index in [9.17, 15) is 19.7 Å². The summed E-state index contributed by atoms with van der Waals surface area (Å²) in [4.78, 5) is 37.2. The molecule has 9 heteroatoms. The molecule has 0 radical (unpaired) electrons. The topological polar surface area (TPSA) is 119 Å². The second-order valence-electron chi connectivity index (χ2n) is 4.49. The number of aryl methyl sites for hydroxylation is 1. The van der Waals surface area contributed by atoms with Gasteiger partial charge < -0.3 is 24.7 Å². The van der Waals surface area contributed by atoms with E-state index in [4.69, 9.17) is 5.11 Å². The molecule has 0 aliphatic carbocycles. The number of aromatic nitrogens is 2. The first-order valence-electron chi connectivity index (χ1n) is 5.94. The number of imidazole rings is 1. The van der Waals surface area contributed by atoms with E-state index in [1.807, 2.05) is 0 Å². The van der Waals surface area contributed by atoms with Crippen molar-refractivity contribution in [2.75, 3.05) is 13.6 Å². The third-order valence-corrected chi connectivity index (χ3v) is 2.79. The predicted molar refractivity (Wildman–Crippen MR) is 67.9 cm³/mol. The minimum atomic E-state index is -0.963. The van der Waals surface area contributed by atoms with Crippen molar-refractivity contribution in [1.29, 1.82) is 0 Å². The number of carboxylic acid groups (broad SMARTS) is 1. The second kappa shape index (κ2) is 6.64. The van der Waals surface area contributed by atoms with Gasteiger partial charge in [-0.15, -0.1) is 0 Å². The van der Waals surface area contributed by atoms with Gasteiger partial charge in [-0.25, -0.2) is 0 Å². The lowest BCUT2D eigenvalue weighted by Gasteiger charge is -2.19. The van der Waals surface area contributed by atoms with Crippen molar-refractivity contribution in [3.8, 4) is 0 Å². The van der Waals surface area contributed by atoms with Crippen LogP contribution in [0.2, 0.25) is 0 Å². The van der Waals surface area contributed by atoms with Gasteiger partial charge in [0, 0.05) is 26.6 Å². The smallest absolute Gasteiger partial charge is 0.381 e. The molecule has 0 saturated heterocycles. The molecule has 0 fully saturated rings. The molecule has 1 N–H and O–H groups in total. The van der Waals surface area contributed by atoms with E-state index >= 15 is 0 Å². The number of rotatable bonds is 7. The molecular weight excluding hydrogens is 268 g/mol. The molecule has 0 aliphatic rings. The molecule has 1 aromatic rings. The maximum Gasteiger partial charge on any atom is 0.381 e. The van der Waals surface area contributed by atoms with Crippen LogP contribution in [0.25, 0.3) is 0 Å². The Labute approximate surface area is 115 Å². The normalized spacial score (nSPS) is 11.9. The number of nitro groups is 1. The number of amides is 1. The highest BCUT2D eigenvalue weighted by Crippen LogP contribution is 2.07. The molecule has 0 bridgehead atoms. The zero-order valence-corrected chi connectivity index (χ0v) is 11.2. The van der Waals surface area contributed by atoms with Gasteiger partial charge in [0.15, 0.2) is 0 Å². The molecule has 1 heterocycles. The molecule has 0 spiro atoms. The van der Waals surface area contributed by atoms with E-state index < -0.39 is 16.8 Å². The maximum atomic E-state index is 11.8. The largest absolute Gasteiger partial charge is 0.481 e. The van der Waals surface area contributed by atoms with Crippen LogP contribution in [-0.4, -0.2) is 49.9 Å². The van der Waals surface area contributed by atoms with E-state index in [0.29, 0.717) is 0 Å². The van der Waals surface area contributed by atoms with Crippen LogP contribution in [0.5, 0.6) is 0 Å². The van der Waals surface area contributed by atoms with Crippen molar-refractivity contribution in [2.45, 2.75) is 19.9 Å². The third-order valence-electron chi connectivity index (χ3n) is 2.79. The molecule has 0 aromatic carbocycles. The first-order valence-corrected chi connectivity index (χ1v) is 5.94. The maximum absolute atomic E-state index is 11.8. The Hall–Kier alpha value is -2.45.